The van der Waals surface area contributed by atoms with Crippen molar-refractivity contribution in [2.24, 2.45) is 0 Å². The third-order valence-corrected chi connectivity index (χ3v) is 22.4. The Kier molecular flexibility index (Phi) is 29.2. The first-order chi connectivity index (χ1) is 50.0. The van der Waals surface area contributed by atoms with Crippen molar-refractivity contribution in [1.29, 1.82) is 0 Å². The van der Waals surface area contributed by atoms with Crippen LogP contribution in [0.15, 0.2) is 117 Å². The highest BCUT2D eigenvalue weighted by atomic mass is 127. The van der Waals surface area contributed by atoms with Gasteiger partial charge in [0.15, 0.2) is 40.4 Å². The molecule has 13 rings (SSSR count). The summed E-state index contributed by atoms with van der Waals surface area (Å²) >= 11 is 16.5. The zero-order chi connectivity index (χ0) is 78.0. The predicted octanol–water partition coefficient (Wildman–Crippen LogP) is 19.0. The van der Waals surface area contributed by atoms with E-state index >= 15 is 0 Å². The van der Waals surface area contributed by atoms with Crippen LogP contribution in [0.1, 0.15) is 182 Å². The minimum Gasteiger partial charge on any atom is -0.399 e. The number of ketones is 4. The number of Topliss-reactive ketones (excluding diaryl/α,β-unsaturated/α-hetero) is 4. The highest BCUT2D eigenvalue weighted by Gasteiger charge is 2.52. The summed E-state index contributed by atoms with van der Waals surface area (Å²) in [4.78, 5) is 56.8. The molecule has 3 saturated heterocycles. The topological polar surface area (TPSA) is 290 Å². The molecule has 6 aromatic carbocycles. The number of carbonyl (C=O) groups excluding carboxylic acids is 4. The summed E-state index contributed by atoms with van der Waals surface area (Å²) in [6, 6.07) is 32.8. The molecule has 10 aromatic rings. The number of aromatic nitrogens is 4. The number of anilines is 5. The largest absolute Gasteiger partial charge is 0.494 e. The normalized spacial score (nSPS) is 14.5. The third kappa shape index (κ3) is 20.3. The van der Waals surface area contributed by atoms with E-state index in [1.54, 1.807) is 37.3 Å². The molecular weight excluding hydrogens is 1770 g/mol. The van der Waals surface area contributed by atoms with E-state index in [9.17, 15) is 19.2 Å². The maximum Gasteiger partial charge on any atom is 0.494 e. The molecular formula is C81H93BBrClI3N9O10. The average Bonchev–Trinajstić information content (AvgIpc) is 0.856. The zero-order valence-corrected chi connectivity index (χ0v) is 71.8. The Morgan fingerprint density at radius 1 is 0.528 bits per heavy atom. The van der Waals surface area contributed by atoms with Gasteiger partial charge in [0.05, 0.1) is 63.7 Å². The highest BCUT2D eigenvalue weighted by molar-refractivity contribution is 14.1. The van der Waals surface area contributed by atoms with Crippen LogP contribution in [0.5, 0.6) is 0 Å². The number of benzene rings is 6. The molecule has 560 valence electrons. The molecule has 0 amide bonds. The van der Waals surface area contributed by atoms with Crippen LogP contribution in [0.25, 0.3) is 44.5 Å². The van der Waals surface area contributed by atoms with Gasteiger partial charge in [0.25, 0.3) is 0 Å². The van der Waals surface area contributed by atoms with Crippen molar-refractivity contribution in [2.45, 2.75) is 166 Å². The van der Waals surface area contributed by atoms with Gasteiger partial charge in [-0.2, -0.15) is 0 Å². The van der Waals surface area contributed by atoms with Gasteiger partial charge in [-0.1, -0.05) is 77.7 Å². The number of nitrogen functional groups attached to an aromatic ring is 4. The van der Waals surface area contributed by atoms with Crippen molar-refractivity contribution >= 4 is 181 Å². The standard InChI is InChI=1S/C23H26IN3O3.C16H14ClIN2O.C14H20BNO3.C10H12INO.C10H13NO.C8H8BrNO/c1-4-16-12-17-15(3)20(19-11-14(2)26-30-19)22(25-21(17)18(24)13-16)27-7-5-23(6-8-27)28-9-10-29-23;1-4-10-6-11-9(3)14(13-5-8(2)20-21-13)16(17)19-15(11)12(18)7-10;1-9(17)11-8-10(6-7-12(11)16)15-18-13(2,3)14(4,5)19-15;1-3-7-4-8(6(2)13)10(12)9(11)5-7;1-3-8-4-5-10(11)9(6-8)7(2)12;1-5(11)7-4-6(9)2-3-8(7)10/h11-13H,4-10H2,1-3H3;5-7H,4H2,1-3H3;6-8H,16H2,1-5H3;4-5H,3,12H2,1-2H3;4-6H,3,11H2,1-2H3;2-4H,10H2,1H3. The van der Waals surface area contributed by atoms with Crippen LogP contribution in [-0.2, 0) is 44.5 Å². The van der Waals surface area contributed by atoms with E-state index in [0.717, 1.165) is 136 Å². The fourth-order valence-electron chi connectivity index (χ4n) is 12.2. The summed E-state index contributed by atoms with van der Waals surface area (Å²) in [5, 5.41) is 10.8. The first kappa shape index (κ1) is 84.7. The maximum absolute atomic E-state index is 11.5. The van der Waals surface area contributed by atoms with Gasteiger partial charge in [0, 0.05) is 103 Å². The molecule has 3 fully saturated rings. The number of halogens is 5. The van der Waals surface area contributed by atoms with Gasteiger partial charge in [-0.05, 0) is 294 Å². The van der Waals surface area contributed by atoms with Gasteiger partial charge in [-0.15, -0.1) is 0 Å². The minimum absolute atomic E-state index is 0.0104. The molecule has 3 aliphatic heterocycles. The summed E-state index contributed by atoms with van der Waals surface area (Å²) in [6.07, 6.45) is 5.53. The molecule has 0 bridgehead atoms. The molecule has 4 aromatic heterocycles. The molecule has 0 unspecified atom stereocenters. The fraction of sp³-hybridized carbons (Fsp3) is 0.358. The highest BCUT2D eigenvalue weighted by Crippen LogP contribution is 2.43. The van der Waals surface area contributed by atoms with Gasteiger partial charge in [0.1, 0.15) is 11.0 Å². The summed E-state index contributed by atoms with van der Waals surface area (Å²) in [7, 11) is -0.469. The Morgan fingerprint density at radius 3 is 1.41 bits per heavy atom. The summed E-state index contributed by atoms with van der Waals surface area (Å²) in [5.74, 6) is 2.00. The fourth-order valence-corrected chi connectivity index (χ4v) is 15.2. The SMILES string of the molecule is CC(=O)c1cc(B2OC(C)(C)C(C)(C)O2)ccc1N.CC(=O)c1cc(Br)ccc1N.CCc1cc(I)c(N)c(C(C)=O)c1.CCc1cc(I)c2nc(Cl)c(-c3cc(C)no3)c(C)c2c1.CCc1cc(I)c2nc(N3CCC4(CC3)OCCO4)c(-c3cc(C)no3)c(C)c2c1.CCc1ccc(N)c(C(C)=O)c1. The van der Waals surface area contributed by atoms with Crippen LogP contribution in [-0.4, -0.2) is 93.8 Å². The Bertz CT molecular complexity index is 4900. The van der Waals surface area contributed by atoms with Crippen molar-refractivity contribution in [3.8, 4) is 22.6 Å². The number of rotatable bonds is 12. The first-order valence-electron chi connectivity index (χ1n) is 35.1. The molecule has 3 aliphatic rings. The van der Waals surface area contributed by atoms with Gasteiger partial charge in [-0.25, -0.2) is 9.97 Å². The summed E-state index contributed by atoms with van der Waals surface area (Å²) in [6.45, 7) is 33.6. The molecule has 0 aliphatic carbocycles. The molecule has 25 heteroatoms. The lowest BCUT2D eigenvalue weighted by Crippen LogP contribution is -2.45. The molecule has 0 atom stereocenters. The van der Waals surface area contributed by atoms with Gasteiger partial charge in [-0.3, -0.25) is 19.2 Å². The predicted molar refractivity (Wildman–Crippen MR) is 457 cm³/mol. The van der Waals surface area contributed by atoms with Crippen LogP contribution in [0, 0.1) is 38.4 Å². The quantitative estimate of drug-likeness (QED) is 0.0290. The van der Waals surface area contributed by atoms with E-state index in [2.05, 4.69) is 170 Å². The Hall–Kier alpha value is -6.90. The van der Waals surface area contributed by atoms with Crippen molar-refractivity contribution in [2.75, 3.05) is 54.1 Å². The summed E-state index contributed by atoms with van der Waals surface area (Å²) in [5.41, 5.74) is 40.0. The number of aryl methyl sites for hydroxylation is 8. The van der Waals surface area contributed by atoms with Crippen molar-refractivity contribution in [1.82, 2.24) is 20.3 Å². The average molecular weight is 1860 g/mol. The molecule has 1 spiro atoms. The second-order valence-electron chi connectivity index (χ2n) is 27.3. The number of carbonyl (C=O) groups is 4. The van der Waals surface area contributed by atoms with E-state index in [4.69, 9.17) is 67.3 Å². The number of nitrogens with two attached hydrogens (primary N) is 4. The molecule has 7 heterocycles. The van der Waals surface area contributed by atoms with Crippen molar-refractivity contribution < 1.29 is 47.0 Å². The van der Waals surface area contributed by atoms with E-state index in [-0.39, 0.29) is 23.1 Å². The number of ether oxygens (including phenoxy) is 2. The van der Waals surface area contributed by atoms with Crippen LogP contribution in [0.2, 0.25) is 5.15 Å². The monoisotopic (exact) mass is 1860 g/mol. The number of hydrogen-bond donors (Lipinski definition) is 4. The van der Waals surface area contributed by atoms with Gasteiger partial charge >= 0.3 is 7.12 Å². The number of fused-ring (bicyclic) bond motifs is 2. The Labute approximate surface area is 676 Å². The molecule has 0 radical (unpaired) electrons. The van der Waals surface area contributed by atoms with Crippen LogP contribution >= 0.6 is 95.3 Å². The maximum atomic E-state index is 11.5. The smallest absolute Gasteiger partial charge is 0.399 e. The van der Waals surface area contributed by atoms with Gasteiger partial charge < -0.3 is 55.7 Å². The van der Waals surface area contributed by atoms with Crippen molar-refractivity contribution in [3.63, 3.8) is 0 Å². The zero-order valence-electron chi connectivity index (χ0n) is 63.0. The van der Waals surface area contributed by atoms with Crippen LogP contribution < -0.4 is 33.3 Å². The molecule has 106 heavy (non-hydrogen) atoms. The van der Waals surface area contributed by atoms with Crippen LogP contribution in [0.4, 0.5) is 28.6 Å². The second-order valence-corrected chi connectivity index (χ2v) is 32.1. The Balaban J connectivity index is 0.000000167. The molecule has 8 N–H and O–H groups in total. The van der Waals surface area contributed by atoms with Crippen molar-refractivity contribution in [3.05, 3.63) is 190 Å². The van der Waals surface area contributed by atoms with E-state index in [1.807, 2.05) is 90.1 Å². The lowest BCUT2D eigenvalue weighted by Gasteiger charge is -2.39. The lowest BCUT2D eigenvalue weighted by molar-refractivity contribution is -0.169. The number of pyridine rings is 2. The van der Waals surface area contributed by atoms with E-state index < -0.39 is 24.1 Å². The lowest BCUT2D eigenvalue weighted by atomic mass is 9.78. The van der Waals surface area contributed by atoms with E-state index in [0.29, 0.717) is 69.1 Å². The number of piperidine rings is 1. The Morgan fingerprint density at radius 2 is 0.943 bits per heavy atom. The third-order valence-electron chi connectivity index (χ3n) is 19.1. The minimum atomic E-state index is -0.469. The second kappa shape index (κ2) is 36.5. The number of nitrogens with zero attached hydrogens (tertiary/aromatic N) is 5. The van der Waals surface area contributed by atoms with E-state index in [1.165, 1.54) is 46.4 Å². The van der Waals surface area contributed by atoms with Crippen LogP contribution in [0.3, 0.4) is 0 Å². The van der Waals surface area contributed by atoms with Gasteiger partial charge in [0.2, 0.25) is 0 Å². The first-order valence-corrected chi connectivity index (χ1v) is 39.5. The summed E-state index contributed by atoms with van der Waals surface area (Å²) < 4.78 is 39.0. The number of hydrogen-bond acceptors (Lipinski definition) is 19. The molecule has 19 nitrogen and oxygen atoms in total. The molecule has 0 saturated carbocycles.